The Morgan fingerprint density at radius 2 is 0.407 bits per heavy atom. The van der Waals surface area contributed by atoms with Crippen molar-refractivity contribution in [3.05, 3.63) is 0 Å². The Morgan fingerprint density at radius 1 is 0.239 bits per heavy atom. The summed E-state index contributed by atoms with van der Waals surface area (Å²) in [7, 11) is -9.94. The van der Waals surface area contributed by atoms with Gasteiger partial charge in [0.25, 0.3) is 0 Å². The zero-order valence-electron chi connectivity index (χ0n) is 74.7. The largest absolute Gasteiger partial charge is 0.472 e. The highest BCUT2D eigenvalue weighted by Crippen LogP contribution is 2.45. The topological polar surface area (TPSA) is 237 Å². The minimum atomic E-state index is -4.97. The molecule has 0 spiro atoms. The molecular formula is C94H184O17P2. The third-order valence-electron chi connectivity index (χ3n) is 22.2. The highest BCUT2D eigenvalue weighted by Gasteiger charge is 2.31. The highest BCUT2D eigenvalue weighted by atomic mass is 31.2. The average molecular weight is 1650 g/mol. The first-order chi connectivity index (χ1) is 54.9. The lowest BCUT2D eigenvalue weighted by Crippen LogP contribution is -2.30. The summed E-state index contributed by atoms with van der Waals surface area (Å²) in [5.74, 6) is -0.448. The molecule has 0 aliphatic heterocycles. The Labute approximate surface area is 696 Å². The maximum absolute atomic E-state index is 13.2. The number of aliphatic hydroxyl groups excluding tert-OH is 1. The van der Waals surface area contributed by atoms with Gasteiger partial charge in [0.05, 0.1) is 26.4 Å². The molecule has 113 heavy (non-hydrogen) atoms. The van der Waals surface area contributed by atoms with Crippen molar-refractivity contribution in [1.82, 2.24) is 0 Å². The molecule has 0 saturated carbocycles. The van der Waals surface area contributed by atoms with Gasteiger partial charge in [-0.25, -0.2) is 9.13 Å². The van der Waals surface area contributed by atoms with E-state index in [0.717, 1.165) is 102 Å². The molecule has 0 aliphatic rings. The molecule has 672 valence electrons. The fourth-order valence-electron chi connectivity index (χ4n) is 14.8. The molecule has 0 rings (SSSR count). The van der Waals surface area contributed by atoms with Gasteiger partial charge in [-0.1, -0.05) is 459 Å². The number of phosphoric acid groups is 2. The molecule has 0 aromatic heterocycles. The van der Waals surface area contributed by atoms with Crippen molar-refractivity contribution in [1.29, 1.82) is 0 Å². The number of hydrogen-bond donors (Lipinski definition) is 3. The van der Waals surface area contributed by atoms with Gasteiger partial charge in [0, 0.05) is 25.7 Å². The number of unbranched alkanes of at least 4 members (excludes halogenated alkanes) is 63. The van der Waals surface area contributed by atoms with Crippen LogP contribution in [0.4, 0.5) is 0 Å². The molecule has 0 heterocycles. The monoisotopic (exact) mass is 1650 g/mol. The Morgan fingerprint density at radius 3 is 0.602 bits per heavy atom. The van der Waals surface area contributed by atoms with E-state index >= 15 is 0 Å². The van der Waals surface area contributed by atoms with Gasteiger partial charge in [-0.3, -0.25) is 37.3 Å². The first-order valence-corrected chi connectivity index (χ1v) is 51.5. The summed E-state index contributed by atoms with van der Waals surface area (Å²) >= 11 is 0. The molecule has 0 aromatic carbocycles. The second-order valence-corrected chi connectivity index (χ2v) is 37.6. The normalized spacial score (nSPS) is 13.7. The zero-order chi connectivity index (χ0) is 82.7. The van der Waals surface area contributed by atoms with E-state index in [0.29, 0.717) is 25.7 Å². The fourth-order valence-corrected chi connectivity index (χ4v) is 16.4. The summed E-state index contributed by atoms with van der Waals surface area (Å²) < 4.78 is 69.1. The van der Waals surface area contributed by atoms with E-state index in [1.807, 2.05) is 0 Å². The van der Waals surface area contributed by atoms with Crippen LogP contribution in [0.5, 0.6) is 0 Å². The first-order valence-electron chi connectivity index (χ1n) is 48.5. The molecule has 0 bridgehead atoms. The summed E-state index contributed by atoms with van der Waals surface area (Å²) in [6.45, 7) is 9.79. The molecular weight excluding hydrogens is 1460 g/mol. The van der Waals surface area contributed by atoms with Crippen LogP contribution in [0, 0.1) is 11.8 Å². The number of rotatable bonds is 93. The maximum atomic E-state index is 13.2. The average Bonchev–Trinajstić information content (AvgIpc) is 0.897. The molecule has 2 unspecified atom stereocenters. The summed E-state index contributed by atoms with van der Waals surface area (Å²) in [6.07, 6.45) is 80.7. The van der Waals surface area contributed by atoms with Crippen LogP contribution in [0.2, 0.25) is 0 Å². The lowest BCUT2D eigenvalue weighted by Gasteiger charge is -2.21. The zero-order valence-corrected chi connectivity index (χ0v) is 76.5. The SMILES string of the molecule is CCCCCCCCCCCCCCCCCCCCCCC(=O)O[C@H](COC(=O)CCCCCCCCCCCCC)COP(=O)(O)OC[C@H](O)COP(=O)(O)OC[C@@H](COC(=O)CCCCCCCCCCCCCCCCCCCCC(C)C)OC(=O)CCCCCCCCCCCCCCCCCCCCC(C)C. The fraction of sp³-hybridized carbons (Fsp3) is 0.957. The summed E-state index contributed by atoms with van der Waals surface area (Å²) in [6, 6.07) is 0. The lowest BCUT2D eigenvalue weighted by atomic mass is 10.0. The van der Waals surface area contributed by atoms with Crippen LogP contribution in [0.15, 0.2) is 0 Å². The lowest BCUT2D eigenvalue weighted by molar-refractivity contribution is -0.161. The Bertz CT molecular complexity index is 2150. The predicted molar refractivity (Wildman–Crippen MR) is 469 cm³/mol. The number of aliphatic hydroxyl groups is 1. The summed E-state index contributed by atoms with van der Waals surface area (Å²) in [4.78, 5) is 73.5. The van der Waals surface area contributed by atoms with Gasteiger partial charge < -0.3 is 33.8 Å². The van der Waals surface area contributed by atoms with Crippen molar-refractivity contribution in [2.75, 3.05) is 39.6 Å². The number of hydrogen-bond acceptors (Lipinski definition) is 15. The molecule has 17 nitrogen and oxygen atoms in total. The van der Waals surface area contributed by atoms with Gasteiger partial charge in [0.2, 0.25) is 0 Å². The summed E-state index contributed by atoms with van der Waals surface area (Å²) in [5.41, 5.74) is 0. The standard InChI is InChI=1S/C94H184O17P2/c1-7-9-11-13-15-17-19-20-21-22-23-24-32-37-42-48-54-60-66-72-78-93(98)110-89(82-104-91(96)76-70-64-58-52-44-18-16-14-12-10-8-2)84-108-112(100,101)106-80-88(95)81-107-113(102,103)109-85-90(111-94(99)79-73-67-61-55-49-43-38-33-28-26-30-35-40-46-51-57-63-69-75-87(5)6)83-105-92(97)77-71-65-59-53-47-41-36-31-27-25-29-34-39-45-50-56-62-68-74-86(3)4/h86-90,95H,7-85H2,1-6H3,(H,100,101)(H,102,103)/t88-,89+,90+/m0/s1. The van der Waals surface area contributed by atoms with Gasteiger partial charge in [-0.2, -0.15) is 0 Å². The number of carbonyl (C=O) groups is 4. The molecule has 5 atom stereocenters. The molecule has 0 aliphatic carbocycles. The van der Waals surface area contributed by atoms with Crippen molar-refractivity contribution < 1.29 is 80.2 Å². The Kier molecular flexibility index (Phi) is 83.6. The van der Waals surface area contributed by atoms with E-state index in [4.69, 9.17) is 37.0 Å². The second kappa shape index (κ2) is 85.1. The molecule has 0 aromatic rings. The van der Waals surface area contributed by atoms with E-state index in [1.54, 1.807) is 0 Å². The van der Waals surface area contributed by atoms with E-state index in [-0.39, 0.29) is 25.7 Å². The highest BCUT2D eigenvalue weighted by molar-refractivity contribution is 7.47. The van der Waals surface area contributed by atoms with E-state index in [2.05, 4.69) is 41.5 Å². The maximum Gasteiger partial charge on any atom is 0.472 e. The van der Waals surface area contributed by atoms with E-state index in [9.17, 15) is 43.2 Å². The first kappa shape index (κ1) is 111. The van der Waals surface area contributed by atoms with Crippen LogP contribution < -0.4 is 0 Å². The van der Waals surface area contributed by atoms with Crippen molar-refractivity contribution in [3.63, 3.8) is 0 Å². The van der Waals surface area contributed by atoms with Crippen LogP contribution in [-0.2, 0) is 65.4 Å². The van der Waals surface area contributed by atoms with Gasteiger partial charge in [-0.15, -0.1) is 0 Å². The van der Waals surface area contributed by atoms with Crippen molar-refractivity contribution >= 4 is 39.5 Å². The second-order valence-electron chi connectivity index (χ2n) is 34.7. The minimum Gasteiger partial charge on any atom is -0.462 e. The molecule has 0 radical (unpaired) electrons. The van der Waals surface area contributed by atoms with Crippen LogP contribution >= 0.6 is 15.6 Å². The molecule has 3 N–H and O–H groups in total. The smallest absolute Gasteiger partial charge is 0.462 e. The quantitative estimate of drug-likeness (QED) is 0.0222. The number of carbonyl (C=O) groups excluding carboxylic acids is 4. The van der Waals surface area contributed by atoms with E-state index in [1.165, 1.54) is 327 Å². The number of phosphoric ester groups is 2. The third-order valence-corrected chi connectivity index (χ3v) is 24.1. The Balaban J connectivity index is 5.22. The van der Waals surface area contributed by atoms with Gasteiger partial charge in [0.1, 0.15) is 19.3 Å². The van der Waals surface area contributed by atoms with Gasteiger partial charge in [0.15, 0.2) is 12.2 Å². The van der Waals surface area contributed by atoms with Crippen LogP contribution in [-0.4, -0.2) is 96.7 Å². The van der Waals surface area contributed by atoms with Crippen LogP contribution in [0.3, 0.4) is 0 Å². The van der Waals surface area contributed by atoms with Crippen LogP contribution in [0.25, 0.3) is 0 Å². The van der Waals surface area contributed by atoms with E-state index < -0.39 is 97.5 Å². The third kappa shape index (κ3) is 87.7. The number of ether oxygens (including phenoxy) is 4. The van der Waals surface area contributed by atoms with Crippen molar-refractivity contribution in [2.24, 2.45) is 11.8 Å². The molecule has 0 amide bonds. The molecule has 0 saturated heterocycles. The van der Waals surface area contributed by atoms with Gasteiger partial charge in [-0.05, 0) is 37.5 Å². The predicted octanol–water partition coefficient (Wildman–Crippen LogP) is 29.4. The van der Waals surface area contributed by atoms with Gasteiger partial charge >= 0.3 is 39.5 Å². The summed E-state index contributed by atoms with van der Waals surface area (Å²) in [5, 5.41) is 10.7. The minimum absolute atomic E-state index is 0.109. The molecule has 19 heteroatoms. The molecule has 0 fully saturated rings. The van der Waals surface area contributed by atoms with Crippen molar-refractivity contribution in [3.8, 4) is 0 Å². The number of esters is 4. The Hall–Kier alpha value is -1.94. The van der Waals surface area contributed by atoms with Crippen molar-refractivity contribution in [2.45, 2.75) is 529 Å². The van der Waals surface area contributed by atoms with Crippen LogP contribution in [0.1, 0.15) is 510 Å².